The number of furan rings is 1. The van der Waals surface area contributed by atoms with Gasteiger partial charge in [-0.05, 0) is 35.0 Å². The molecular weight excluding hydrogens is 278 g/mol. The second-order valence-electron chi connectivity index (χ2n) is 3.19. The maximum Gasteiger partial charge on any atom is 0.358 e. The van der Waals surface area contributed by atoms with Gasteiger partial charge in [0.25, 0.3) is 0 Å². The molecule has 0 spiro atoms. The van der Waals surface area contributed by atoms with E-state index in [0.717, 1.165) is 0 Å². The number of carbonyl (C=O) groups is 1. The van der Waals surface area contributed by atoms with Crippen molar-refractivity contribution < 1.29 is 14.3 Å². The molecule has 0 aromatic carbocycles. The van der Waals surface area contributed by atoms with Crippen molar-refractivity contribution in [3.8, 4) is 0 Å². The molecule has 0 amide bonds. The molecule has 0 atom stereocenters. The van der Waals surface area contributed by atoms with E-state index in [9.17, 15) is 4.79 Å². The lowest BCUT2D eigenvalue weighted by atomic mass is 10.3. The van der Waals surface area contributed by atoms with Crippen molar-refractivity contribution >= 4 is 21.9 Å². The summed E-state index contributed by atoms with van der Waals surface area (Å²) < 4.78 is 7.40. The molecule has 0 aliphatic heterocycles. The van der Waals surface area contributed by atoms with E-state index in [1.165, 1.54) is 4.68 Å². The Labute approximate surface area is 99.0 Å². The van der Waals surface area contributed by atoms with Gasteiger partial charge in [-0.25, -0.2) is 9.48 Å². The fourth-order valence-corrected chi connectivity index (χ4v) is 1.63. The highest BCUT2D eigenvalue weighted by molar-refractivity contribution is 9.10. The molecule has 0 aliphatic carbocycles. The van der Waals surface area contributed by atoms with E-state index in [1.807, 2.05) is 0 Å². The van der Waals surface area contributed by atoms with E-state index in [0.29, 0.717) is 22.7 Å². The molecule has 6 nitrogen and oxygen atoms in total. The molecule has 0 aliphatic rings. The van der Waals surface area contributed by atoms with E-state index >= 15 is 0 Å². The van der Waals surface area contributed by atoms with Crippen LogP contribution >= 0.6 is 15.9 Å². The van der Waals surface area contributed by atoms with Gasteiger partial charge in [-0.2, -0.15) is 0 Å². The van der Waals surface area contributed by atoms with Crippen molar-refractivity contribution in [2.75, 3.05) is 0 Å². The molecule has 7 heteroatoms. The minimum absolute atomic E-state index is 0.0365. The largest absolute Gasteiger partial charge is 0.476 e. The van der Waals surface area contributed by atoms with Crippen molar-refractivity contribution in [1.29, 1.82) is 0 Å². The van der Waals surface area contributed by atoms with Gasteiger partial charge in [0.1, 0.15) is 12.3 Å². The van der Waals surface area contributed by atoms with E-state index in [2.05, 4.69) is 26.2 Å². The van der Waals surface area contributed by atoms with Crippen LogP contribution in [0.2, 0.25) is 0 Å². The Bertz CT molecular complexity index is 532. The Morgan fingerprint density at radius 3 is 2.88 bits per heavy atom. The number of nitrogens with zero attached hydrogens (tertiary/aromatic N) is 3. The Morgan fingerprint density at radius 2 is 2.38 bits per heavy atom. The molecule has 0 saturated carbocycles. The summed E-state index contributed by atoms with van der Waals surface area (Å²) in [6, 6.07) is 3.55. The maximum absolute atomic E-state index is 10.7. The Morgan fingerprint density at radius 1 is 1.62 bits per heavy atom. The molecule has 0 saturated heterocycles. The lowest BCUT2D eigenvalue weighted by Crippen LogP contribution is -2.05. The van der Waals surface area contributed by atoms with Crippen molar-refractivity contribution in [3.63, 3.8) is 0 Å². The standard InChI is InChI=1S/C9H8BrN3O3/c1-5-8(9(14)15)11-12-13(5)4-6-2-3-7(10)16-6/h2-3H,4H2,1H3,(H,14,15). The monoisotopic (exact) mass is 285 g/mol. The Hall–Kier alpha value is -1.63. The second kappa shape index (κ2) is 4.09. The summed E-state index contributed by atoms with van der Waals surface area (Å²) in [7, 11) is 0. The normalized spacial score (nSPS) is 10.6. The van der Waals surface area contributed by atoms with E-state index in [1.54, 1.807) is 19.1 Å². The van der Waals surface area contributed by atoms with Crippen molar-refractivity contribution in [1.82, 2.24) is 15.0 Å². The summed E-state index contributed by atoms with van der Waals surface area (Å²) in [4.78, 5) is 10.7. The minimum atomic E-state index is -1.08. The number of hydrogen-bond acceptors (Lipinski definition) is 4. The number of aromatic carboxylic acids is 1. The zero-order valence-corrected chi connectivity index (χ0v) is 9.93. The number of rotatable bonds is 3. The van der Waals surface area contributed by atoms with Gasteiger partial charge in [0, 0.05) is 0 Å². The van der Waals surface area contributed by atoms with Crippen LogP contribution in [0, 0.1) is 6.92 Å². The van der Waals surface area contributed by atoms with Crippen LogP contribution in [0.1, 0.15) is 21.9 Å². The zero-order valence-electron chi connectivity index (χ0n) is 8.35. The Balaban J connectivity index is 2.25. The molecule has 1 N–H and O–H groups in total. The second-order valence-corrected chi connectivity index (χ2v) is 3.97. The van der Waals surface area contributed by atoms with Crippen LogP contribution in [0.4, 0.5) is 0 Å². The summed E-state index contributed by atoms with van der Waals surface area (Å²) >= 11 is 3.19. The maximum atomic E-state index is 10.7. The SMILES string of the molecule is Cc1c(C(=O)O)nnn1Cc1ccc(Br)o1. The van der Waals surface area contributed by atoms with Gasteiger partial charge in [-0.3, -0.25) is 0 Å². The molecule has 0 unspecified atom stereocenters. The van der Waals surface area contributed by atoms with Gasteiger partial charge < -0.3 is 9.52 Å². The molecule has 2 aromatic rings. The summed E-state index contributed by atoms with van der Waals surface area (Å²) in [5, 5.41) is 16.1. The van der Waals surface area contributed by atoms with Gasteiger partial charge in [-0.1, -0.05) is 5.21 Å². The first-order chi connectivity index (χ1) is 7.58. The highest BCUT2D eigenvalue weighted by atomic mass is 79.9. The van der Waals surface area contributed by atoms with E-state index in [4.69, 9.17) is 9.52 Å². The molecule has 0 bridgehead atoms. The lowest BCUT2D eigenvalue weighted by Gasteiger charge is -1.99. The highest BCUT2D eigenvalue weighted by Crippen LogP contribution is 2.15. The molecular formula is C9H8BrN3O3. The van der Waals surface area contributed by atoms with E-state index < -0.39 is 5.97 Å². The van der Waals surface area contributed by atoms with Crippen LogP contribution in [0.5, 0.6) is 0 Å². The molecule has 0 fully saturated rings. The van der Waals surface area contributed by atoms with Gasteiger partial charge in [0.05, 0.1) is 5.69 Å². The van der Waals surface area contributed by atoms with Crippen molar-refractivity contribution in [2.24, 2.45) is 0 Å². The molecule has 84 valence electrons. The van der Waals surface area contributed by atoms with Crippen LogP contribution in [-0.2, 0) is 6.54 Å². The third-order valence-corrected chi connectivity index (χ3v) is 2.55. The molecule has 2 rings (SSSR count). The third kappa shape index (κ3) is 1.99. The number of carboxylic acids is 1. The minimum Gasteiger partial charge on any atom is -0.476 e. The summed E-state index contributed by atoms with van der Waals surface area (Å²) in [6.45, 7) is 2.01. The number of aromatic nitrogens is 3. The molecule has 16 heavy (non-hydrogen) atoms. The average Bonchev–Trinajstić information content (AvgIpc) is 2.76. The van der Waals surface area contributed by atoms with Crippen LogP contribution in [0.15, 0.2) is 21.2 Å². The summed E-state index contributed by atoms with van der Waals surface area (Å²) in [6.07, 6.45) is 0. The van der Waals surface area contributed by atoms with Crippen LogP contribution in [0.25, 0.3) is 0 Å². The lowest BCUT2D eigenvalue weighted by molar-refractivity contribution is 0.0689. The molecule has 2 heterocycles. The van der Waals surface area contributed by atoms with Crippen molar-refractivity contribution in [2.45, 2.75) is 13.5 Å². The fourth-order valence-electron chi connectivity index (χ4n) is 1.29. The highest BCUT2D eigenvalue weighted by Gasteiger charge is 2.15. The first-order valence-corrected chi connectivity index (χ1v) is 5.25. The number of hydrogen-bond donors (Lipinski definition) is 1. The summed E-state index contributed by atoms with van der Waals surface area (Å²) in [5.41, 5.74) is 0.464. The molecule has 0 radical (unpaired) electrons. The van der Waals surface area contributed by atoms with Gasteiger partial charge >= 0.3 is 5.97 Å². The summed E-state index contributed by atoms with van der Waals surface area (Å²) in [5.74, 6) is -0.402. The number of carboxylic acid groups (broad SMARTS) is 1. The van der Waals surface area contributed by atoms with E-state index in [-0.39, 0.29) is 5.69 Å². The molecule has 2 aromatic heterocycles. The Kier molecular flexibility index (Phi) is 2.78. The van der Waals surface area contributed by atoms with Gasteiger partial charge in [0.15, 0.2) is 10.4 Å². The van der Waals surface area contributed by atoms with Crippen molar-refractivity contribution in [3.05, 3.63) is 34.0 Å². The topological polar surface area (TPSA) is 81.1 Å². The average molecular weight is 286 g/mol. The zero-order chi connectivity index (χ0) is 11.7. The first kappa shape index (κ1) is 10.9. The van der Waals surface area contributed by atoms with Crippen LogP contribution in [-0.4, -0.2) is 26.1 Å². The van der Waals surface area contributed by atoms with Crippen LogP contribution in [0.3, 0.4) is 0 Å². The quantitative estimate of drug-likeness (QED) is 0.928. The predicted octanol–water partition coefficient (Wildman–Crippen LogP) is 1.69. The third-order valence-electron chi connectivity index (χ3n) is 2.12. The first-order valence-electron chi connectivity index (χ1n) is 4.45. The van der Waals surface area contributed by atoms with Crippen LogP contribution < -0.4 is 0 Å². The fraction of sp³-hybridized carbons (Fsp3) is 0.222. The number of halogens is 1. The smallest absolute Gasteiger partial charge is 0.358 e. The van der Waals surface area contributed by atoms with Gasteiger partial charge in [-0.15, -0.1) is 5.10 Å². The van der Waals surface area contributed by atoms with Gasteiger partial charge in [0.2, 0.25) is 0 Å². The predicted molar refractivity (Wildman–Crippen MR) is 57.2 cm³/mol.